The molecule has 0 amide bonds. The molecular formula is H6BKO5. The number of hydrogen-bond acceptors (Lipinski definition) is 4. The van der Waals surface area contributed by atoms with Crippen LogP contribution >= 0.6 is 0 Å². The van der Waals surface area contributed by atoms with Crippen molar-refractivity contribution in [2.75, 3.05) is 0 Å². The molecule has 7 heavy (non-hydrogen) atoms. The topological polar surface area (TPSA) is 122 Å². The number of rotatable bonds is 0. The van der Waals surface area contributed by atoms with Crippen LogP contribution in [0.4, 0.5) is 0 Å². The van der Waals surface area contributed by atoms with Gasteiger partial charge >= 0.3 is 58.7 Å². The Labute approximate surface area is 83.6 Å². The molecule has 5 nitrogen and oxygen atoms in total. The molecule has 0 aliphatic rings. The summed E-state index contributed by atoms with van der Waals surface area (Å²) in [4.78, 5) is 0. The van der Waals surface area contributed by atoms with Crippen molar-refractivity contribution in [1.29, 1.82) is 0 Å². The first-order valence-electron chi connectivity index (χ1n) is 0.775. The fourth-order valence-electron chi connectivity index (χ4n) is 0. The van der Waals surface area contributed by atoms with Crippen LogP contribution in [-0.2, 0) is 0 Å². The zero-order chi connectivity index (χ0) is 3.58. The second-order valence-corrected chi connectivity index (χ2v) is 0.346. The molecule has 0 aliphatic heterocycles. The van der Waals surface area contributed by atoms with Crippen molar-refractivity contribution >= 4 is 7.32 Å². The van der Waals surface area contributed by atoms with E-state index in [9.17, 15) is 0 Å². The van der Waals surface area contributed by atoms with Crippen LogP contribution in [-0.4, -0.2) is 33.3 Å². The van der Waals surface area contributed by atoms with Gasteiger partial charge in [-0.3, -0.25) is 0 Å². The third-order valence-electron chi connectivity index (χ3n) is 0. The summed E-state index contributed by atoms with van der Waals surface area (Å²) in [5.74, 6) is 0. The van der Waals surface area contributed by atoms with Gasteiger partial charge in [0.25, 0.3) is 0 Å². The minimum atomic E-state index is -2.17. The molecule has 0 radical (unpaired) electrons. The van der Waals surface area contributed by atoms with Crippen molar-refractivity contribution in [3.05, 3.63) is 0 Å². The molecule has 0 spiro atoms. The molecule has 0 saturated carbocycles. The number of hydrogen-bond donors (Lipinski definition) is 3. The van der Waals surface area contributed by atoms with Gasteiger partial charge in [0.1, 0.15) is 0 Å². The van der Waals surface area contributed by atoms with E-state index in [0.29, 0.717) is 0 Å². The zero-order valence-corrected chi connectivity index (χ0v) is 6.99. The Morgan fingerprint density at radius 3 is 1.00 bits per heavy atom. The molecule has 0 rings (SSSR count). The Kier molecular flexibility index (Phi) is 52.8. The van der Waals surface area contributed by atoms with Gasteiger partial charge in [0.05, 0.1) is 0 Å². The van der Waals surface area contributed by atoms with E-state index in [1.54, 1.807) is 0 Å². The van der Waals surface area contributed by atoms with Crippen molar-refractivity contribution in [2.45, 2.75) is 0 Å². The molecule has 0 fully saturated rings. The first-order chi connectivity index (χ1) is 1.73. The molecule has 0 unspecified atom stereocenters. The molecule has 0 saturated heterocycles. The van der Waals surface area contributed by atoms with Gasteiger partial charge in [0, 0.05) is 0 Å². The van der Waals surface area contributed by atoms with Gasteiger partial charge in [0.2, 0.25) is 0 Å². The smallest absolute Gasteiger partial charge is 0.870 e. The summed E-state index contributed by atoms with van der Waals surface area (Å²) in [6, 6.07) is 0. The molecular weight excluding hydrogens is 130 g/mol. The minimum Gasteiger partial charge on any atom is -0.870 e. The van der Waals surface area contributed by atoms with E-state index in [-0.39, 0.29) is 62.3 Å². The maximum Gasteiger partial charge on any atom is 1.00 e. The Hall–Kier alpha value is 1.50. The Bertz CT molecular complexity index is 12.8. The Balaban J connectivity index is -0.0000000150. The van der Waals surface area contributed by atoms with E-state index in [4.69, 9.17) is 15.1 Å². The fourth-order valence-corrected chi connectivity index (χ4v) is 0. The van der Waals surface area contributed by atoms with E-state index < -0.39 is 7.32 Å². The van der Waals surface area contributed by atoms with E-state index in [0.717, 1.165) is 0 Å². The van der Waals surface area contributed by atoms with Gasteiger partial charge < -0.3 is 26.0 Å². The monoisotopic (exact) mass is 136 g/mol. The van der Waals surface area contributed by atoms with Gasteiger partial charge in [-0.25, -0.2) is 0 Å². The molecule has 0 aromatic heterocycles. The molecule has 0 bridgehead atoms. The molecule has 0 atom stereocenters. The normalized spacial score (nSPS) is 3.86. The maximum absolute atomic E-state index is 7.17. The van der Waals surface area contributed by atoms with Gasteiger partial charge in [-0.15, -0.1) is 0 Å². The van der Waals surface area contributed by atoms with Crippen LogP contribution in [0, 0.1) is 0 Å². The van der Waals surface area contributed by atoms with E-state index in [2.05, 4.69) is 0 Å². The van der Waals surface area contributed by atoms with Crippen molar-refractivity contribution in [1.82, 2.24) is 0 Å². The van der Waals surface area contributed by atoms with E-state index >= 15 is 0 Å². The van der Waals surface area contributed by atoms with Crippen LogP contribution in [0.2, 0.25) is 0 Å². The summed E-state index contributed by atoms with van der Waals surface area (Å²) >= 11 is 0. The average Bonchev–Trinajstić information content (AvgIpc) is 0.811. The van der Waals surface area contributed by atoms with E-state index in [1.807, 2.05) is 0 Å². The molecule has 0 aromatic carbocycles. The standard InChI is InChI=1S/BH3O3.K.2H2O/c2-1(3)4;;;/h2-4H;;2*1H2/q;+1;;/p-1. The fraction of sp³-hybridized carbons (Fsp3) is 0. The van der Waals surface area contributed by atoms with Crippen LogP contribution in [0.25, 0.3) is 0 Å². The van der Waals surface area contributed by atoms with Gasteiger partial charge in [-0.1, -0.05) is 0 Å². The SMILES string of the molecule is O.OB(O)O.[K+].[OH-]. The van der Waals surface area contributed by atoms with Crippen LogP contribution in [0.3, 0.4) is 0 Å². The summed E-state index contributed by atoms with van der Waals surface area (Å²) < 4.78 is 0. The predicted molar refractivity (Wildman–Crippen MR) is 18.0 cm³/mol. The van der Waals surface area contributed by atoms with Gasteiger partial charge in [-0.05, 0) is 0 Å². The largest absolute Gasteiger partial charge is 1.00 e. The first kappa shape index (κ1) is 23.6. The van der Waals surface area contributed by atoms with Crippen LogP contribution < -0.4 is 51.4 Å². The van der Waals surface area contributed by atoms with Crippen LogP contribution in [0.5, 0.6) is 0 Å². The molecule has 40 valence electrons. The summed E-state index contributed by atoms with van der Waals surface area (Å²) in [6.45, 7) is 0. The van der Waals surface area contributed by atoms with Gasteiger partial charge in [0.15, 0.2) is 0 Å². The quantitative estimate of drug-likeness (QED) is 0.287. The van der Waals surface area contributed by atoms with Crippen molar-refractivity contribution in [3.63, 3.8) is 0 Å². The molecule has 0 aliphatic carbocycles. The third kappa shape index (κ3) is 101. The molecule has 7 heteroatoms. The first-order valence-corrected chi connectivity index (χ1v) is 0.775. The van der Waals surface area contributed by atoms with Crippen molar-refractivity contribution in [2.24, 2.45) is 0 Å². The summed E-state index contributed by atoms with van der Waals surface area (Å²) in [6.07, 6.45) is 0. The van der Waals surface area contributed by atoms with Gasteiger partial charge in [-0.2, -0.15) is 0 Å². The maximum atomic E-state index is 7.17. The predicted octanol–water partition coefficient (Wildman–Crippen LogP) is -6.05. The summed E-state index contributed by atoms with van der Waals surface area (Å²) in [5.41, 5.74) is 0. The Morgan fingerprint density at radius 2 is 1.00 bits per heavy atom. The molecule has 0 heterocycles. The Morgan fingerprint density at radius 1 is 1.00 bits per heavy atom. The molecule has 6 N–H and O–H groups in total. The van der Waals surface area contributed by atoms with E-state index in [1.165, 1.54) is 0 Å². The minimum absolute atomic E-state index is 0. The summed E-state index contributed by atoms with van der Waals surface area (Å²) in [7, 11) is -2.17. The molecule has 0 aromatic rings. The zero-order valence-electron chi connectivity index (χ0n) is 3.87. The summed E-state index contributed by atoms with van der Waals surface area (Å²) in [5, 5.41) is 21.5. The second kappa shape index (κ2) is 15.6. The second-order valence-electron chi connectivity index (χ2n) is 0.346. The average molecular weight is 136 g/mol. The van der Waals surface area contributed by atoms with Crippen LogP contribution in [0.15, 0.2) is 0 Å². The van der Waals surface area contributed by atoms with Crippen molar-refractivity contribution < 1.29 is 77.4 Å². The van der Waals surface area contributed by atoms with Crippen molar-refractivity contribution in [3.8, 4) is 0 Å². The van der Waals surface area contributed by atoms with Crippen LogP contribution in [0.1, 0.15) is 0 Å². The third-order valence-corrected chi connectivity index (χ3v) is 0.